The molecule has 0 fully saturated rings. The molecule has 1 heterocycles. The second kappa shape index (κ2) is 2.21. The van der Waals surface area contributed by atoms with Gasteiger partial charge in [0.05, 0.1) is 0 Å². The van der Waals surface area contributed by atoms with Gasteiger partial charge in [0.1, 0.15) is 6.20 Å². The molecule has 0 spiro atoms. The van der Waals surface area contributed by atoms with Crippen LogP contribution in [0.3, 0.4) is 0 Å². The summed E-state index contributed by atoms with van der Waals surface area (Å²) in [7, 11) is 1.91. The lowest BCUT2D eigenvalue weighted by Crippen LogP contribution is -1.85. The minimum Gasteiger partial charge on any atom is -0.275 e. The Kier molecular flexibility index (Phi) is 1.56. The van der Waals surface area contributed by atoms with E-state index in [1.165, 1.54) is 5.56 Å². The van der Waals surface area contributed by atoms with E-state index in [0.29, 0.717) is 5.92 Å². The third-order valence-electron chi connectivity index (χ3n) is 1.28. The SMILES string of the molecule is CC(C)c1[c]nn(C)c1. The summed E-state index contributed by atoms with van der Waals surface area (Å²) >= 11 is 0. The largest absolute Gasteiger partial charge is 0.275 e. The number of hydrogen-bond donors (Lipinski definition) is 0. The molecular weight excluding hydrogens is 112 g/mol. The van der Waals surface area contributed by atoms with Gasteiger partial charge >= 0.3 is 0 Å². The van der Waals surface area contributed by atoms with Crippen LogP contribution < -0.4 is 0 Å². The standard InChI is InChI=1S/C7H11N2/c1-6(2)7-4-8-9(3)5-7/h5-6H,1-3H3. The first kappa shape index (κ1) is 6.33. The van der Waals surface area contributed by atoms with Crippen molar-refractivity contribution in [2.75, 3.05) is 0 Å². The van der Waals surface area contributed by atoms with Gasteiger partial charge in [0.2, 0.25) is 0 Å². The molecule has 0 aliphatic heterocycles. The van der Waals surface area contributed by atoms with Crippen LogP contribution in [0.4, 0.5) is 0 Å². The zero-order chi connectivity index (χ0) is 6.85. The second-order valence-electron chi connectivity index (χ2n) is 2.52. The van der Waals surface area contributed by atoms with E-state index in [9.17, 15) is 0 Å². The first-order valence-electron chi connectivity index (χ1n) is 3.11. The predicted molar refractivity (Wildman–Crippen MR) is 36.1 cm³/mol. The summed E-state index contributed by atoms with van der Waals surface area (Å²) < 4.78 is 1.77. The smallest absolute Gasteiger partial charge is 0.116 e. The monoisotopic (exact) mass is 123 g/mol. The van der Waals surface area contributed by atoms with Gasteiger partial charge in [-0.05, 0) is 5.92 Å². The third-order valence-corrected chi connectivity index (χ3v) is 1.28. The Morgan fingerprint density at radius 3 is 2.56 bits per heavy atom. The van der Waals surface area contributed by atoms with Crippen LogP contribution in [-0.4, -0.2) is 9.78 Å². The molecule has 0 aliphatic rings. The van der Waals surface area contributed by atoms with Crippen LogP contribution in [0.1, 0.15) is 25.3 Å². The molecule has 2 heteroatoms. The average Bonchev–Trinajstić information content (AvgIpc) is 2.14. The first-order chi connectivity index (χ1) is 4.20. The van der Waals surface area contributed by atoms with Gasteiger partial charge in [-0.3, -0.25) is 4.68 Å². The fourth-order valence-corrected chi connectivity index (χ4v) is 0.674. The predicted octanol–water partition coefficient (Wildman–Crippen LogP) is 1.34. The van der Waals surface area contributed by atoms with Crippen LogP contribution in [0.25, 0.3) is 0 Å². The normalized spacial score (nSPS) is 10.7. The van der Waals surface area contributed by atoms with Crippen molar-refractivity contribution >= 4 is 0 Å². The van der Waals surface area contributed by atoms with E-state index < -0.39 is 0 Å². The van der Waals surface area contributed by atoms with E-state index in [1.54, 1.807) is 4.68 Å². The van der Waals surface area contributed by atoms with E-state index in [0.717, 1.165) is 0 Å². The van der Waals surface area contributed by atoms with Crippen LogP contribution in [0.2, 0.25) is 0 Å². The Bertz CT molecular complexity index is 189. The van der Waals surface area contributed by atoms with Crippen LogP contribution >= 0.6 is 0 Å². The van der Waals surface area contributed by atoms with Gasteiger partial charge in [0.15, 0.2) is 0 Å². The summed E-state index contributed by atoms with van der Waals surface area (Å²) in [6.07, 6.45) is 4.91. The maximum atomic E-state index is 3.93. The Morgan fingerprint density at radius 1 is 1.67 bits per heavy atom. The second-order valence-corrected chi connectivity index (χ2v) is 2.52. The van der Waals surface area contributed by atoms with Crippen molar-refractivity contribution in [3.05, 3.63) is 18.0 Å². The molecule has 2 nitrogen and oxygen atoms in total. The number of nitrogens with zero attached hydrogens (tertiary/aromatic N) is 2. The lowest BCUT2D eigenvalue weighted by atomic mass is 10.1. The maximum absolute atomic E-state index is 3.93. The summed E-state index contributed by atoms with van der Waals surface area (Å²) in [5.41, 5.74) is 1.18. The summed E-state index contributed by atoms with van der Waals surface area (Å²) in [6, 6.07) is 0. The van der Waals surface area contributed by atoms with E-state index in [4.69, 9.17) is 0 Å². The average molecular weight is 123 g/mol. The van der Waals surface area contributed by atoms with Gasteiger partial charge in [-0.2, -0.15) is 5.10 Å². The summed E-state index contributed by atoms with van der Waals surface area (Å²) in [5.74, 6) is 0.540. The lowest BCUT2D eigenvalue weighted by molar-refractivity contribution is 0.763. The molecule has 1 radical (unpaired) electrons. The molecule has 0 atom stereocenters. The molecule has 0 saturated carbocycles. The minimum absolute atomic E-state index is 0.540. The quantitative estimate of drug-likeness (QED) is 0.551. The molecule has 0 amide bonds. The van der Waals surface area contributed by atoms with Crippen LogP contribution in [-0.2, 0) is 7.05 Å². The van der Waals surface area contributed by atoms with Crippen molar-refractivity contribution < 1.29 is 0 Å². The fraction of sp³-hybridized carbons (Fsp3) is 0.571. The highest BCUT2D eigenvalue weighted by atomic mass is 15.2. The molecule has 9 heavy (non-hydrogen) atoms. The molecule has 0 aliphatic carbocycles. The van der Waals surface area contributed by atoms with Crippen LogP contribution in [0.15, 0.2) is 6.20 Å². The number of aromatic nitrogens is 2. The molecule has 0 unspecified atom stereocenters. The molecular formula is C7H11N2. The highest BCUT2D eigenvalue weighted by Gasteiger charge is 1.99. The molecule has 0 aromatic carbocycles. The number of hydrogen-bond acceptors (Lipinski definition) is 1. The van der Waals surface area contributed by atoms with Gasteiger partial charge in [-0.1, -0.05) is 13.8 Å². The zero-order valence-electron chi connectivity index (χ0n) is 6.05. The van der Waals surface area contributed by atoms with E-state index in [-0.39, 0.29) is 0 Å². The number of aryl methyl sites for hydroxylation is 1. The van der Waals surface area contributed by atoms with Crippen molar-refractivity contribution in [2.45, 2.75) is 19.8 Å². The van der Waals surface area contributed by atoms with Crippen molar-refractivity contribution in [3.8, 4) is 0 Å². The Morgan fingerprint density at radius 2 is 2.33 bits per heavy atom. The molecule has 1 rings (SSSR count). The molecule has 1 aromatic rings. The van der Waals surface area contributed by atoms with Gasteiger partial charge < -0.3 is 0 Å². The Hall–Kier alpha value is -0.790. The number of rotatable bonds is 1. The fourth-order valence-electron chi connectivity index (χ4n) is 0.674. The highest BCUT2D eigenvalue weighted by Crippen LogP contribution is 2.10. The van der Waals surface area contributed by atoms with Crippen molar-refractivity contribution in [2.24, 2.45) is 7.05 Å². The van der Waals surface area contributed by atoms with Crippen LogP contribution in [0.5, 0.6) is 0 Å². The van der Waals surface area contributed by atoms with E-state index in [1.807, 2.05) is 13.2 Å². The lowest BCUT2D eigenvalue weighted by Gasteiger charge is -1.95. The molecule has 1 aromatic heterocycles. The molecule has 0 bridgehead atoms. The molecule has 0 saturated heterocycles. The highest BCUT2D eigenvalue weighted by molar-refractivity contribution is 5.06. The topological polar surface area (TPSA) is 17.8 Å². The first-order valence-corrected chi connectivity index (χ1v) is 3.11. The van der Waals surface area contributed by atoms with Crippen molar-refractivity contribution in [1.82, 2.24) is 9.78 Å². The Balaban J connectivity index is 2.85. The summed E-state index contributed by atoms with van der Waals surface area (Å²) in [5, 5.41) is 3.93. The van der Waals surface area contributed by atoms with E-state index >= 15 is 0 Å². The van der Waals surface area contributed by atoms with E-state index in [2.05, 4.69) is 25.1 Å². The van der Waals surface area contributed by atoms with Crippen molar-refractivity contribution in [1.29, 1.82) is 0 Å². The summed E-state index contributed by atoms with van der Waals surface area (Å²) in [4.78, 5) is 0. The van der Waals surface area contributed by atoms with Gasteiger partial charge in [0.25, 0.3) is 0 Å². The molecule has 49 valence electrons. The third kappa shape index (κ3) is 1.31. The molecule has 0 N–H and O–H groups in total. The van der Waals surface area contributed by atoms with Crippen LogP contribution in [0, 0.1) is 6.20 Å². The van der Waals surface area contributed by atoms with Gasteiger partial charge in [0, 0.05) is 18.8 Å². The summed E-state index contributed by atoms with van der Waals surface area (Å²) in [6.45, 7) is 4.26. The van der Waals surface area contributed by atoms with Gasteiger partial charge in [-0.25, -0.2) is 0 Å². The van der Waals surface area contributed by atoms with Gasteiger partial charge in [-0.15, -0.1) is 0 Å². The zero-order valence-corrected chi connectivity index (χ0v) is 6.05. The maximum Gasteiger partial charge on any atom is 0.116 e. The minimum atomic E-state index is 0.540. The Labute approximate surface area is 55.5 Å². The van der Waals surface area contributed by atoms with Crippen molar-refractivity contribution in [3.63, 3.8) is 0 Å².